The van der Waals surface area contributed by atoms with E-state index in [1.54, 1.807) is 0 Å². The van der Waals surface area contributed by atoms with E-state index in [1.807, 2.05) is 0 Å². The third-order valence-corrected chi connectivity index (χ3v) is 3.78. The minimum Gasteiger partial charge on any atom is -0.299 e. The van der Waals surface area contributed by atoms with E-state index in [9.17, 15) is 0 Å². The summed E-state index contributed by atoms with van der Waals surface area (Å²) >= 11 is 0. The molecule has 14 heavy (non-hydrogen) atoms. The molecule has 0 spiro atoms. The summed E-state index contributed by atoms with van der Waals surface area (Å²) in [6.07, 6.45) is 10.5. The van der Waals surface area contributed by atoms with Gasteiger partial charge in [0.1, 0.15) is 0 Å². The molecule has 1 unspecified atom stereocenters. The van der Waals surface area contributed by atoms with Crippen LogP contribution in [0.1, 0.15) is 51.4 Å². The molecule has 0 aromatic carbocycles. The average molecular weight is 192 g/mol. The van der Waals surface area contributed by atoms with Gasteiger partial charge in [-0.1, -0.05) is 25.7 Å². The normalized spacial score (nSPS) is 26.5. The number of hydrogen-bond acceptors (Lipinski definition) is 2. The molecular weight excluding hydrogens is 172 g/mol. The van der Waals surface area contributed by atoms with Crippen molar-refractivity contribution in [2.75, 3.05) is 0 Å². The molecule has 1 atom stereocenters. The number of nitrogens with zero attached hydrogens (tertiary/aromatic N) is 1. The second kappa shape index (κ2) is 4.79. The van der Waals surface area contributed by atoms with Crippen LogP contribution in [-0.4, -0.2) is 12.1 Å². The Morgan fingerprint density at radius 3 is 2.21 bits per heavy atom. The molecule has 1 N–H and O–H groups in total. The standard InChI is InChI=1S/C12H20N2/c13-9-12(10-5-4-6-10)14-11-7-2-1-3-8-11/h10-12,14H,1-8H2. The lowest BCUT2D eigenvalue weighted by molar-refractivity contribution is 0.233. The third-order valence-electron chi connectivity index (χ3n) is 3.78. The first kappa shape index (κ1) is 9.98. The minimum absolute atomic E-state index is 0.145. The number of hydrogen-bond donors (Lipinski definition) is 1. The third kappa shape index (κ3) is 2.27. The maximum absolute atomic E-state index is 9.08. The minimum atomic E-state index is 0.145. The number of rotatable bonds is 3. The van der Waals surface area contributed by atoms with E-state index >= 15 is 0 Å². The molecule has 2 fully saturated rings. The van der Waals surface area contributed by atoms with E-state index < -0.39 is 0 Å². The predicted octanol–water partition coefficient (Wildman–Crippen LogP) is 2.60. The molecule has 0 aromatic heterocycles. The summed E-state index contributed by atoms with van der Waals surface area (Å²) in [5.41, 5.74) is 0. The summed E-state index contributed by atoms with van der Waals surface area (Å²) < 4.78 is 0. The van der Waals surface area contributed by atoms with Gasteiger partial charge in [-0.3, -0.25) is 5.32 Å². The fraction of sp³-hybridized carbons (Fsp3) is 0.917. The van der Waals surface area contributed by atoms with Crippen LogP contribution in [0.25, 0.3) is 0 Å². The summed E-state index contributed by atoms with van der Waals surface area (Å²) in [7, 11) is 0. The average Bonchev–Trinajstić information content (AvgIpc) is 2.15. The van der Waals surface area contributed by atoms with Crippen LogP contribution in [0.15, 0.2) is 0 Å². The van der Waals surface area contributed by atoms with Crippen LogP contribution in [0.2, 0.25) is 0 Å². The van der Waals surface area contributed by atoms with Crippen LogP contribution in [0.4, 0.5) is 0 Å². The molecule has 0 heterocycles. The highest BCUT2D eigenvalue weighted by atomic mass is 15.0. The van der Waals surface area contributed by atoms with E-state index in [1.165, 1.54) is 51.4 Å². The molecule has 2 aliphatic rings. The van der Waals surface area contributed by atoms with Crippen LogP contribution >= 0.6 is 0 Å². The Morgan fingerprint density at radius 1 is 1.00 bits per heavy atom. The molecular formula is C12H20N2. The van der Waals surface area contributed by atoms with Gasteiger partial charge < -0.3 is 0 Å². The Morgan fingerprint density at radius 2 is 1.71 bits per heavy atom. The van der Waals surface area contributed by atoms with Crippen LogP contribution in [0.5, 0.6) is 0 Å². The van der Waals surface area contributed by atoms with Gasteiger partial charge in [-0.25, -0.2) is 0 Å². The van der Waals surface area contributed by atoms with Gasteiger partial charge in [-0.05, 0) is 31.6 Å². The van der Waals surface area contributed by atoms with Gasteiger partial charge >= 0.3 is 0 Å². The maximum Gasteiger partial charge on any atom is 0.0983 e. The van der Waals surface area contributed by atoms with Crippen molar-refractivity contribution < 1.29 is 0 Å². The lowest BCUT2D eigenvalue weighted by atomic mass is 9.79. The molecule has 0 amide bonds. The van der Waals surface area contributed by atoms with Crippen molar-refractivity contribution in [3.63, 3.8) is 0 Å². The fourth-order valence-corrected chi connectivity index (χ4v) is 2.58. The van der Waals surface area contributed by atoms with Crippen molar-refractivity contribution in [2.45, 2.75) is 63.5 Å². The zero-order chi connectivity index (χ0) is 9.80. The van der Waals surface area contributed by atoms with E-state index in [0.29, 0.717) is 12.0 Å². The fourth-order valence-electron chi connectivity index (χ4n) is 2.58. The Labute approximate surface area is 86.7 Å². The van der Waals surface area contributed by atoms with Gasteiger partial charge in [-0.2, -0.15) is 5.26 Å². The summed E-state index contributed by atoms with van der Waals surface area (Å²) in [5.74, 6) is 0.655. The zero-order valence-corrected chi connectivity index (χ0v) is 8.84. The van der Waals surface area contributed by atoms with E-state index in [0.717, 1.165) is 0 Å². The van der Waals surface area contributed by atoms with Gasteiger partial charge in [0.15, 0.2) is 0 Å². The quantitative estimate of drug-likeness (QED) is 0.746. The first-order valence-electron chi connectivity index (χ1n) is 6.06. The molecule has 0 aliphatic heterocycles. The smallest absolute Gasteiger partial charge is 0.0983 e. The van der Waals surface area contributed by atoms with Gasteiger partial charge in [-0.15, -0.1) is 0 Å². The van der Waals surface area contributed by atoms with E-state index in [2.05, 4.69) is 11.4 Å². The van der Waals surface area contributed by atoms with Gasteiger partial charge in [0, 0.05) is 6.04 Å². The van der Waals surface area contributed by atoms with Crippen molar-refractivity contribution in [2.24, 2.45) is 5.92 Å². The first-order chi connectivity index (χ1) is 6.90. The molecule has 2 heteroatoms. The Hall–Kier alpha value is -0.550. The molecule has 0 saturated heterocycles. The predicted molar refractivity (Wildman–Crippen MR) is 56.8 cm³/mol. The van der Waals surface area contributed by atoms with Crippen molar-refractivity contribution >= 4 is 0 Å². The molecule has 2 aliphatic carbocycles. The van der Waals surface area contributed by atoms with Gasteiger partial charge in [0.05, 0.1) is 12.1 Å². The maximum atomic E-state index is 9.08. The van der Waals surface area contributed by atoms with E-state index in [4.69, 9.17) is 5.26 Å². The second-order valence-corrected chi connectivity index (χ2v) is 4.80. The molecule has 0 aromatic rings. The van der Waals surface area contributed by atoms with Crippen LogP contribution < -0.4 is 5.32 Å². The summed E-state index contributed by atoms with van der Waals surface area (Å²) in [6.45, 7) is 0. The highest BCUT2D eigenvalue weighted by Gasteiger charge is 2.29. The molecule has 0 bridgehead atoms. The Balaban J connectivity index is 1.78. The lowest BCUT2D eigenvalue weighted by Gasteiger charge is -2.34. The highest BCUT2D eigenvalue weighted by Crippen LogP contribution is 2.30. The molecule has 78 valence electrons. The first-order valence-corrected chi connectivity index (χ1v) is 6.06. The monoisotopic (exact) mass is 192 g/mol. The van der Waals surface area contributed by atoms with Crippen molar-refractivity contribution in [1.29, 1.82) is 5.26 Å². The molecule has 2 rings (SSSR count). The largest absolute Gasteiger partial charge is 0.299 e. The SMILES string of the molecule is N#CC(NC1CCCCC1)C1CCC1. The topological polar surface area (TPSA) is 35.8 Å². The van der Waals surface area contributed by atoms with Crippen molar-refractivity contribution in [3.05, 3.63) is 0 Å². The zero-order valence-electron chi connectivity index (χ0n) is 8.84. The van der Waals surface area contributed by atoms with Crippen molar-refractivity contribution in [1.82, 2.24) is 5.32 Å². The van der Waals surface area contributed by atoms with Gasteiger partial charge in [0.25, 0.3) is 0 Å². The second-order valence-electron chi connectivity index (χ2n) is 4.80. The number of nitrogens with one attached hydrogen (secondary N) is 1. The molecule has 0 radical (unpaired) electrons. The summed E-state index contributed by atoms with van der Waals surface area (Å²) in [6, 6.07) is 3.22. The van der Waals surface area contributed by atoms with E-state index in [-0.39, 0.29) is 6.04 Å². The molecule has 2 saturated carbocycles. The lowest BCUT2D eigenvalue weighted by Crippen LogP contribution is -2.44. The van der Waals surface area contributed by atoms with Crippen LogP contribution in [0, 0.1) is 17.2 Å². The summed E-state index contributed by atoms with van der Waals surface area (Å²) in [5, 5.41) is 12.6. The number of nitriles is 1. The summed E-state index contributed by atoms with van der Waals surface area (Å²) in [4.78, 5) is 0. The van der Waals surface area contributed by atoms with Gasteiger partial charge in [0.2, 0.25) is 0 Å². The van der Waals surface area contributed by atoms with Crippen molar-refractivity contribution in [3.8, 4) is 6.07 Å². The Kier molecular flexibility index (Phi) is 3.42. The Bertz CT molecular complexity index is 209. The molecule has 2 nitrogen and oxygen atoms in total. The highest BCUT2D eigenvalue weighted by molar-refractivity contribution is 4.99. The van der Waals surface area contributed by atoms with Crippen LogP contribution in [-0.2, 0) is 0 Å². The van der Waals surface area contributed by atoms with Crippen LogP contribution in [0.3, 0.4) is 0 Å².